The van der Waals surface area contributed by atoms with Gasteiger partial charge in [-0.2, -0.15) is 0 Å². The molecule has 0 aliphatic heterocycles. The number of unbranched alkanes of at least 4 members (excludes halogenated alkanes) is 1. The lowest BCUT2D eigenvalue weighted by molar-refractivity contribution is -0.272. The first-order valence-corrected chi connectivity index (χ1v) is 2.27. The number of hydrogen-bond donors (Lipinski definition) is 0. The highest BCUT2D eigenvalue weighted by Gasteiger charge is 1.79. The van der Waals surface area contributed by atoms with Crippen molar-refractivity contribution in [2.45, 2.75) is 12.8 Å². The number of hydrogen-bond acceptors (Lipinski definition) is 2. The molecule has 7 heavy (non-hydrogen) atoms. The zero-order valence-corrected chi connectivity index (χ0v) is 4.52. The largest absolute Gasteiger partial charge is 0.240 e. The summed E-state index contributed by atoms with van der Waals surface area (Å²) in [6.45, 7) is 5.72. The highest BCUT2D eigenvalue weighted by Crippen LogP contribution is 1.85. The van der Waals surface area contributed by atoms with Crippen LogP contribution in [0.25, 0.3) is 0 Å². The molecule has 0 aromatic heterocycles. The summed E-state index contributed by atoms with van der Waals surface area (Å²) in [5.41, 5.74) is 0. The molecule has 0 aromatic carbocycles. The molecule has 2 radical (unpaired) electrons. The monoisotopic (exact) mass is 102 g/mol. The van der Waals surface area contributed by atoms with Crippen LogP contribution in [0.5, 0.6) is 0 Å². The molecule has 0 heterocycles. The average molecular weight is 102 g/mol. The minimum Gasteiger partial charge on any atom is -0.240 e. The third-order valence-corrected chi connectivity index (χ3v) is 0.550. The lowest BCUT2D eigenvalue weighted by Crippen LogP contribution is -1.90. The van der Waals surface area contributed by atoms with Gasteiger partial charge in [0.05, 0.1) is 13.7 Å². The molecule has 0 aliphatic rings. The molecule has 0 atom stereocenters. The summed E-state index contributed by atoms with van der Waals surface area (Å²) in [7, 11) is 1.48. The Hall–Kier alpha value is -0.0800. The molecule has 2 heteroatoms. The second kappa shape index (κ2) is 5.92. The van der Waals surface area contributed by atoms with Gasteiger partial charge in [0.25, 0.3) is 0 Å². The van der Waals surface area contributed by atoms with Gasteiger partial charge in [0.1, 0.15) is 0 Å². The van der Waals surface area contributed by atoms with Crippen LogP contribution in [0.1, 0.15) is 12.8 Å². The predicted octanol–water partition coefficient (Wildman–Crippen LogP) is 1.06. The van der Waals surface area contributed by atoms with Gasteiger partial charge in [-0.3, -0.25) is 0 Å². The van der Waals surface area contributed by atoms with E-state index in [4.69, 9.17) is 6.92 Å². The fourth-order valence-corrected chi connectivity index (χ4v) is 0.226. The molecule has 0 amide bonds. The van der Waals surface area contributed by atoms with Crippen molar-refractivity contribution < 1.29 is 9.78 Å². The Balaban J connectivity index is 2.45. The fourth-order valence-electron chi connectivity index (χ4n) is 0.226. The summed E-state index contributed by atoms with van der Waals surface area (Å²) in [4.78, 5) is 8.78. The van der Waals surface area contributed by atoms with Crippen LogP contribution >= 0.6 is 0 Å². The molecule has 42 valence electrons. The molecule has 0 fully saturated rings. The van der Waals surface area contributed by atoms with Crippen molar-refractivity contribution in [2.24, 2.45) is 0 Å². The van der Waals surface area contributed by atoms with Crippen molar-refractivity contribution in [1.29, 1.82) is 0 Å². The Kier molecular flexibility index (Phi) is 5.85. The first-order chi connectivity index (χ1) is 3.41. The van der Waals surface area contributed by atoms with E-state index >= 15 is 0 Å². The van der Waals surface area contributed by atoms with Gasteiger partial charge in [0.2, 0.25) is 0 Å². The van der Waals surface area contributed by atoms with Gasteiger partial charge < -0.3 is 0 Å². The van der Waals surface area contributed by atoms with E-state index in [0.29, 0.717) is 13.0 Å². The standard InChI is InChI=1S/C5H10O2/c1-3-4-5-7-6-2/h1H,3-5H2,2H3. The molecule has 0 aromatic rings. The summed E-state index contributed by atoms with van der Waals surface area (Å²) in [5, 5.41) is 0. The van der Waals surface area contributed by atoms with Gasteiger partial charge in [-0.15, -0.1) is 0 Å². The van der Waals surface area contributed by atoms with Crippen LogP contribution in [0.3, 0.4) is 0 Å². The molecule has 0 rings (SSSR count). The molecule has 0 aliphatic carbocycles. The van der Waals surface area contributed by atoms with Gasteiger partial charge in [0, 0.05) is 0 Å². The van der Waals surface area contributed by atoms with Crippen LogP contribution in [-0.2, 0) is 9.78 Å². The Bertz CT molecular complexity index is 25.3. The lowest BCUT2D eigenvalue weighted by Gasteiger charge is -1.93. The van der Waals surface area contributed by atoms with Gasteiger partial charge in [-0.25, -0.2) is 9.78 Å². The molecule has 0 N–H and O–H groups in total. The second-order valence-electron chi connectivity index (χ2n) is 1.13. The maximum absolute atomic E-state index is 5.13. The van der Waals surface area contributed by atoms with E-state index in [1.807, 2.05) is 0 Å². The summed E-state index contributed by atoms with van der Waals surface area (Å²) >= 11 is 0. The van der Waals surface area contributed by atoms with Crippen molar-refractivity contribution in [2.75, 3.05) is 13.7 Å². The van der Waals surface area contributed by atoms with Crippen LogP contribution in [0.15, 0.2) is 0 Å². The smallest absolute Gasteiger partial charge is 0.0822 e. The van der Waals surface area contributed by atoms with Crippen LogP contribution in [0, 0.1) is 6.92 Å². The van der Waals surface area contributed by atoms with E-state index in [1.54, 1.807) is 0 Å². The van der Waals surface area contributed by atoms with Crippen molar-refractivity contribution in [1.82, 2.24) is 0 Å². The Morgan fingerprint density at radius 3 is 2.71 bits per heavy atom. The fraction of sp³-hybridized carbons (Fsp3) is 0.800. The van der Waals surface area contributed by atoms with Crippen LogP contribution in [0.2, 0.25) is 0 Å². The van der Waals surface area contributed by atoms with Gasteiger partial charge in [-0.1, -0.05) is 0 Å². The average Bonchev–Trinajstić information content (AvgIpc) is 1.69. The van der Waals surface area contributed by atoms with Gasteiger partial charge in [0.15, 0.2) is 0 Å². The van der Waals surface area contributed by atoms with Crippen molar-refractivity contribution >= 4 is 0 Å². The van der Waals surface area contributed by atoms with Crippen LogP contribution in [-0.4, -0.2) is 13.7 Å². The van der Waals surface area contributed by atoms with Crippen molar-refractivity contribution in [3.63, 3.8) is 0 Å². The molecular weight excluding hydrogens is 92.1 g/mol. The first-order valence-electron chi connectivity index (χ1n) is 2.27. The topological polar surface area (TPSA) is 18.5 Å². The maximum Gasteiger partial charge on any atom is 0.0822 e. The minimum atomic E-state index is 0.590. The zero-order chi connectivity index (χ0) is 5.54. The maximum atomic E-state index is 5.13. The molecule has 0 spiro atoms. The molecule has 0 unspecified atom stereocenters. The molecule has 0 bridgehead atoms. The minimum absolute atomic E-state index is 0.590. The van der Waals surface area contributed by atoms with Crippen LogP contribution < -0.4 is 0 Å². The Morgan fingerprint density at radius 2 is 2.29 bits per heavy atom. The van der Waals surface area contributed by atoms with E-state index in [2.05, 4.69) is 9.78 Å². The second-order valence-corrected chi connectivity index (χ2v) is 1.13. The summed E-state index contributed by atoms with van der Waals surface area (Å²) in [6.07, 6.45) is 1.51. The van der Waals surface area contributed by atoms with E-state index in [1.165, 1.54) is 7.11 Å². The lowest BCUT2D eigenvalue weighted by atomic mass is 10.4. The van der Waals surface area contributed by atoms with Crippen molar-refractivity contribution in [3.8, 4) is 0 Å². The molecule has 0 saturated heterocycles. The molecular formula is C5H10O2. The first kappa shape index (κ1) is 6.92. The van der Waals surface area contributed by atoms with Gasteiger partial charge in [-0.05, 0) is 19.8 Å². The molecule has 2 nitrogen and oxygen atoms in total. The summed E-state index contributed by atoms with van der Waals surface area (Å²) in [5.74, 6) is 0. The van der Waals surface area contributed by atoms with Gasteiger partial charge >= 0.3 is 0 Å². The third kappa shape index (κ3) is 5.92. The van der Waals surface area contributed by atoms with E-state index in [9.17, 15) is 0 Å². The quantitative estimate of drug-likeness (QED) is 0.300. The molecule has 0 saturated carbocycles. The Labute approximate surface area is 44.4 Å². The zero-order valence-electron chi connectivity index (χ0n) is 4.52. The highest BCUT2D eigenvalue weighted by molar-refractivity contribution is 4.36. The summed E-state index contributed by atoms with van der Waals surface area (Å²) in [6, 6.07) is 0. The van der Waals surface area contributed by atoms with E-state index < -0.39 is 0 Å². The predicted molar refractivity (Wildman–Crippen MR) is 26.5 cm³/mol. The SMILES string of the molecule is [CH]CCCOOC. The van der Waals surface area contributed by atoms with Crippen LogP contribution in [0.4, 0.5) is 0 Å². The third-order valence-electron chi connectivity index (χ3n) is 0.550. The van der Waals surface area contributed by atoms with E-state index in [-0.39, 0.29) is 0 Å². The number of rotatable bonds is 4. The summed E-state index contributed by atoms with van der Waals surface area (Å²) < 4.78 is 0. The highest BCUT2D eigenvalue weighted by atomic mass is 17.2. The Morgan fingerprint density at radius 1 is 1.57 bits per heavy atom. The van der Waals surface area contributed by atoms with Crippen molar-refractivity contribution in [3.05, 3.63) is 6.92 Å². The normalized spacial score (nSPS) is 9.43. The van der Waals surface area contributed by atoms with E-state index in [0.717, 1.165) is 6.42 Å².